The first-order valence-electron chi connectivity index (χ1n) is 13.0. The van der Waals surface area contributed by atoms with E-state index in [1.54, 1.807) is 18.3 Å². The van der Waals surface area contributed by atoms with Crippen molar-refractivity contribution in [2.45, 2.75) is 44.8 Å². The van der Waals surface area contributed by atoms with Gasteiger partial charge < -0.3 is 15.0 Å². The van der Waals surface area contributed by atoms with Gasteiger partial charge in [-0.25, -0.2) is 9.78 Å². The minimum Gasteiger partial charge on any atom is -0.433 e. The lowest BCUT2D eigenvalue weighted by molar-refractivity contribution is -0.177. The van der Waals surface area contributed by atoms with Gasteiger partial charge in [0.15, 0.2) is 5.65 Å². The van der Waals surface area contributed by atoms with Gasteiger partial charge >= 0.3 is 12.3 Å². The molecule has 0 aromatic carbocycles. The molecule has 0 spiro atoms. The monoisotopic (exact) mass is 573 g/mol. The molecule has 0 radical (unpaired) electrons. The van der Waals surface area contributed by atoms with Crippen molar-refractivity contribution in [2.24, 2.45) is 5.92 Å². The van der Waals surface area contributed by atoms with Gasteiger partial charge in [-0.3, -0.25) is 19.4 Å². The Morgan fingerprint density at radius 2 is 1.73 bits per heavy atom. The summed E-state index contributed by atoms with van der Waals surface area (Å²) >= 11 is 0. The number of imide groups is 1. The predicted octanol–water partition coefficient (Wildman–Crippen LogP) is 3.87. The molecule has 0 bridgehead atoms. The number of alkyl halides is 3. The molecule has 2 aliphatic rings. The van der Waals surface area contributed by atoms with E-state index in [1.807, 2.05) is 4.90 Å². The first kappa shape index (κ1) is 28.0. The van der Waals surface area contributed by atoms with Crippen molar-refractivity contribution in [3.63, 3.8) is 0 Å². The molecule has 2 saturated heterocycles. The third kappa shape index (κ3) is 6.61. The highest BCUT2D eigenvalue weighted by Gasteiger charge is 2.35. The standard InChI is InChI=1S/C26H26F3N7O5/c27-26(28,29)21-17(3-1-10-30-21)15-32-23-18-4-2-11-31-22(18)33-24(34-23)35-12-7-16(8-13-35)9-14-40-25(39)41-36-19(37)5-6-20(36)38/h1-4,10-11,16H,5-9,12-15H2,(H,31,32,33,34). The molecule has 41 heavy (non-hydrogen) atoms. The first-order valence-corrected chi connectivity index (χ1v) is 13.0. The summed E-state index contributed by atoms with van der Waals surface area (Å²) in [4.78, 5) is 58.6. The van der Waals surface area contributed by atoms with Crippen LogP contribution >= 0.6 is 0 Å². The van der Waals surface area contributed by atoms with Crippen LogP contribution in [0.2, 0.25) is 0 Å². The number of aromatic nitrogens is 4. The molecule has 0 atom stereocenters. The summed E-state index contributed by atoms with van der Waals surface area (Å²) in [7, 11) is 0. The molecule has 3 aromatic rings. The van der Waals surface area contributed by atoms with Crippen molar-refractivity contribution < 1.29 is 37.1 Å². The zero-order chi connectivity index (χ0) is 29.0. The summed E-state index contributed by atoms with van der Waals surface area (Å²) in [6.07, 6.45) is -0.933. The topological polar surface area (TPSA) is 140 Å². The van der Waals surface area contributed by atoms with Crippen LogP contribution in [0.15, 0.2) is 36.7 Å². The fourth-order valence-corrected chi connectivity index (χ4v) is 4.73. The number of fused-ring (bicyclic) bond motifs is 1. The van der Waals surface area contributed by atoms with Crippen LogP contribution in [0.4, 0.5) is 29.7 Å². The normalized spacial score (nSPS) is 16.4. The Kier molecular flexibility index (Phi) is 8.12. The van der Waals surface area contributed by atoms with Gasteiger partial charge in [0.2, 0.25) is 5.95 Å². The Morgan fingerprint density at radius 1 is 1.02 bits per heavy atom. The Bertz CT molecular complexity index is 1430. The van der Waals surface area contributed by atoms with E-state index >= 15 is 0 Å². The summed E-state index contributed by atoms with van der Waals surface area (Å²) < 4.78 is 45.2. The van der Waals surface area contributed by atoms with Crippen molar-refractivity contribution in [3.8, 4) is 0 Å². The minimum atomic E-state index is -4.58. The van der Waals surface area contributed by atoms with Crippen LogP contribution < -0.4 is 10.2 Å². The summed E-state index contributed by atoms with van der Waals surface area (Å²) in [6.45, 7) is 1.13. The molecular formula is C26H26F3N7O5. The second kappa shape index (κ2) is 11.9. The highest BCUT2D eigenvalue weighted by molar-refractivity contribution is 6.01. The summed E-state index contributed by atoms with van der Waals surface area (Å²) in [5, 5.41) is 4.02. The minimum absolute atomic E-state index is 0.00270. The smallest absolute Gasteiger partial charge is 0.433 e. The third-order valence-corrected chi connectivity index (χ3v) is 6.88. The fraction of sp³-hybridized carbons (Fsp3) is 0.423. The molecule has 3 aromatic heterocycles. The zero-order valence-corrected chi connectivity index (χ0v) is 21.8. The van der Waals surface area contributed by atoms with Crippen molar-refractivity contribution in [2.75, 3.05) is 29.9 Å². The fourth-order valence-electron chi connectivity index (χ4n) is 4.73. The molecule has 2 aliphatic heterocycles. The molecular weight excluding hydrogens is 547 g/mol. The molecule has 5 heterocycles. The van der Waals surface area contributed by atoms with Crippen LogP contribution in [-0.2, 0) is 31.9 Å². The number of amides is 2. The number of rotatable bonds is 8. The van der Waals surface area contributed by atoms with Crippen LogP contribution in [0.1, 0.15) is 43.4 Å². The van der Waals surface area contributed by atoms with Crippen LogP contribution in [-0.4, -0.2) is 62.7 Å². The molecule has 0 unspecified atom stereocenters. The highest BCUT2D eigenvalue weighted by atomic mass is 19.4. The van der Waals surface area contributed by atoms with Gasteiger partial charge in [-0.05, 0) is 43.4 Å². The lowest BCUT2D eigenvalue weighted by atomic mass is 9.94. The third-order valence-electron chi connectivity index (χ3n) is 6.88. The number of pyridine rings is 2. The van der Waals surface area contributed by atoms with E-state index in [0.29, 0.717) is 47.4 Å². The Hall–Kier alpha value is -4.56. The van der Waals surface area contributed by atoms with Gasteiger partial charge in [0, 0.05) is 50.4 Å². The number of carbonyl (C=O) groups is 3. The second-order valence-corrected chi connectivity index (χ2v) is 9.60. The molecule has 5 rings (SSSR count). The number of hydrogen-bond donors (Lipinski definition) is 1. The number of hydrogen-bond acceptors (Lipinski definition) is 11. The molecule has 2 fully saturated rings. The van der Waals surface area contributed by atoms with E-state index in [1.165, 1.54) is 12.1 Å². The van der Waals surface area contributed by atoms with E-state index in [9.17, 15) is 27.6 Å². The van der Waals surface area contributed by atoms with E-state index in [-0.39, 0.29) is 37.5 Å². The largest absolute Gasteiger partial charge is 0.533 e. The maximum absolute atomic E-state index is 13.4. The Morgan fingerprint density at radius 3 is 2.46 bits per heavy atom. The zero-order valence-electron chi connectivity index (χ0n) is 21.8. The number of nitrogens with zero attached hydrogens (tertiary/aromatic N) is 6. The Balaban J connectivity index is 1.18. The van der Waals surface area contributed by atoms with E-state index in [0.717, 1.165) is 19.0 Å². The van der Waals surface area contributed by atoms with E-state index in [2.05, 4.69) is 25.3 Å². The average molecular weight is 574 g/mol. The number of halogens is 3. The number of nitrogens with one attached hydrogen (secondary N) is 1. The van der Waals surface area contributed by atoms with Crippen molar-refractivity contribution in [3.05, 3.63) is 47.9 Å². The molecule has 0 aliphatic carbocycles. The Labute approximate surface area is 231 Å². The first-order chi connectivity index (χ1) is 19.7. The highest BCUT2D eigenvalue weighted by Crippen LogP contribution is 2.31. The average Bonchev–Trinajstić information content (AvgIpc) is 3.28. The number of hydroxylamine groups is 2. The maximum atomic E-state index is 13.4. The lowest BCUT2D eigenvalue weighted by Gasteiger charge is -2.32. The quantitative estimate of drug-likeness (QED) is 0.310. The maximum Gasteiger partial charge on any atom is 0.533 e. The van der Waals surface area contributed by atoms with Gasteiger partial charge in [-0.15, -0.1) is 0 Å². The van der Waals surface area contributed by atoms with Gasteiger partial charge in [0.1, 0.15) is 11.5 Å². The van der Waals surface area contributed by atoms with Crippen LogP contribution in [0.5, 0.6) is 0 Å². The van der Waals surface area contributed by atoms with Crippen LogP contribution in [0.25, 0.3) is 11.0 Å². The lowest BCUT2D eigenvalue weighted by Crippen LogP contribution is -2.35. The second-order valence-electron chi connectivity index (χ2n) is 9.60. The van der Waals surface area contributed by atoms with Crippen LogP contribution in [0, 0.1) is 5.92 Å². The predicted molar refractivity (Wildman–Crippen MR) is 137 cm³/mol. The number of carbonyl (C=O) groups excluding carboxylic acids is 3. The number of anilines is 2. The number of ether oxygens (including phenoxy) is 1. The van der Waals surface area contributed by atoms with Crippen LogP contribution in [0.3, 0.4) is 0 Å². The SMILES string of the molecule is O=C(OCCC1CCN(c2nc(NCc3cccnc3C(F)(F)F)c3cccnc3n2)CC1)ON1C(=O)CCC1=O. The van der Waals surface area contributed by atoms with Gasteiger partial charge in [0.25, 0.3) is 11.8 Å². The van der Waals surface area contributed by atoms with E-state index < -0.39 is 29.8 Å². The van der Waals surface area contributed by atoms with Gasteiger partial charge in [-0.1, -0.05) is 11.1 Å². The van der Waals surface area contributed by atoms with Gasteiger partial charge in [-0.2, -0.15) is 23.1 Å². The molecule has 0 saturated carbocycles. The van der Waals surface area contributed by atoms with Crippen molar-refractivity contribution in [1.29, 1.82) is 0 Å². The molecule has 1 N–H and O–H groups in total. The van der Waals surface area contributed by atoms with E-state index in [4.69, 9.17) is 9.57 Å². The summed E-state index contributed by atoms with van der Waals surface area (Å²) in [5.74, 6) is -0.159. The van der Waals surface area contributed by atoms with Crippen molar-refractivity contribution in [1.82, 2.24) is 25.0 Å². The molecule has 15 heteroatoms. The molecule has 2 amide bonds. The summed E-state index contributed by atoms with van der Waals surface area (Å²) in [5.41, 5.74) is -0.560. The summed E-state index contributed by atoms with van der Waals surface area (Å²) in [6, 6.07) is 6.26. The number of piperidine rings is 1. The molecule has 12 nitrogen and oxygen atoms in total. The van der Waals surface area contributed by atoms with Gasteiger partial charge in [0.05, 0.1) is 12.0 Å². The van der Waals surface area contributed by atoms with Crippen molar-refractivity contribution >= 4 is 40.8 Å². The molecule has 216 valence electrons.